The number of rotatable bonds is 5. The van der Waals surface area contributed by atoms with E-state index >= 15 is 0 Å². The Hall–Kier alpha value is -1.35. The molecular formula is C13H17ClN2O. The Balaban J connectivity index is 2.59. The van der Waals surface area contributed by atoms with Gasteiger partial charge in [0.1, 0.15) is 0 Å². The van der Waals surface area contributed by atoms with Crippen molar-refractivity contribution in [2.75, 3.05) is 7.05 Å². The molecule has 0 aromatic heterocycles. The van der Waals surface area contributed by atoms with E-state index in [2.05, 4.69) is 24.0 Å². The first kappa shape index (κ1) is 13.7. The van der Waals surface area contributed by atoms with Gasteiger partial charge in [-0.1, -0.05) is 25.5 Å². The van der Waals surface area contributed by atoms with Crippen LogP contribution < -0.4 is 0 Å². The topological polar surface area (TPSA) is 32.7 Å². The van der Waals surface area contributed by atoms with Gasteiger partial charge in [-0.25, -0.2) is 4.99 Å². The number of hydrogen-bond donors (Lipinski definition) is 0. The number of aryl methyl sites for hydroxylation is 1. The number of benzene rings is 1. The van der Waals surface area contributed by atoms with Gasteiger partial charge in [0.15, 0.2) is 0 Å². The molecule has 3 nitrogen and oxygen atoms in total. The number of hydrogen-bond acceptors (Lipinski definition) is 2. The number of amides is 1. The van der Waals surface area contributed by atoms with Crippen LogP contribution in [0.15, 0.2) is 29.3 Å². The fourth-order valence-electron chi connectivity index (χ4n) is 1.33. The SMILES string of the molecule is CCCCc1ccc(N=CN(C)C(=O)Cl)cc1. The average molecular weight is 253 g/mol. The van der Waals surface area contributed by atoms with Gasteiger partial charge in [-0.15, -0.1) is 0 Å². The van der Waals surface area contributed by atoms with Crippen LogP contribution in [0.3, 0.4) is 0 Å². The lowest BCUT2D eigenvalue weighted by Crippen LogP contribution is -2.17. The fourth-order valence-corrected chi connectivity index (χ4v) is 1.37. The summed E-state index contributed by atoms with van der Waals surface area (Å²) in [6.45, 7) is 2.18. The molecule has 4 heteroatoms. The highest BCUT2D eigenvalue weighted by atomic mass is 35.5. The van der Waals surface area contributed by atoms with Gasteiger partial charge in [0.2, 0.25) is 0 Å². The fraction of sp³-hybridized carbons (Fsp3) is 0.385. The van der Waals surface area contributed by atoms with Crippen molar-refractivity contribution >= 4 is 29.0 Å². The van der Waals surface area contributed by atoms with E-state index in [1.54, 1.807) is 7.05 Å². The van der Waals surface area contributed by atoms with Crippen LogP contribution in [0.2, 0.25) is 0 Å². The average Bonchev–Trinajstić information content (AvgIpc) is 2.34. The third kappa shape index (κ3) is 5.00. The molecule has 1 aromatic carbocycles. The highest BCUT2D eigenvalue weighted by Gasteiger charge is 1.99. The second-order valence-corrected chi connectivity index (χ2v) is 4.20. The van der Waals surface area contributed by atoms with Crippen molar-refractivity contribution in [2.24, 2.45) is 4.99 Å². The second-order valence-electron chi connectivity index (χ2n) is 3.88. The zero-order valence-corrected chi connectivity index (χ0v) is 10.9. The standard InChI is InChI=1S/C13H17ClN2O/c1-3-4-5-11-6-8-12(9-7-11)15-10-16(2)13(14)17/h6-10H,3-5H2,1-2H3. The van der Waals surface area contributed by atoms with Crippen LogP contribution in [-0.4, -0.2) is 23.7 Å². The minimum absolute atomic E-state index is 0.548. The van der Waals surface area contributed by atoms with E-state index in [0.717, 1.165) is 12.1 Å². The summed E-state index contributed by atoms with van der Waals surface area (Å²) < 4.78 is 0. The summed E-state index contributed by atoms with van der Waals surface area (Å²) in [7, 11) is 1.56. The Labute approximate surface area is 107 Å². The van der Waals surface area contributed by atoms with Crippen molar-refractivity contribution in [3.05, 3.63) is 29.8 Å². The molecular weight excluding hydrogens is 236 g/mol. The first-order valence-corrected chi connectivity index (χ1v) is 6.06. The van der Waals surface area contributed by atoms with Crippen LogP contribution in [-0.2, 0) is 6.42 Å². The predicted octanol–water partition coefficient (Wildman–Crippen LogP) is 3.98. The van der Waals surface area contributed by atoms with Gasteiger partial charge in [0.05, 0.1) is 12.0 Å². The molecule has 0 unspecified atom stereocenters. The molecule has 0 atom stereocenters. The van der Waals surface area contributed by atoms with Crippen LogP contribution in [0.25, 0.3) is 0 Å². The van der Waals surface area contributed by atoms with Crippen molar-refractivity contribution in [3.63, 3.8) is 0 Å². The minimum atomic E-state index is -0.548. The number of nitrogens with zero attached hydrogens (tertiary/aromatic N) is 2. The van der Waals surface area contributed by atoms with Crippen LogP contribution in [0.5, 0.6) is 0 Å². The zero-order valence-electron chi connectivity index (χ0n) is 10.2. The van der Waals surface area contributed by atoms with Gasteiger partial charge in [-0.05, 0) is 42.1 Å². The normalized spacial score (nSPS) is 10.8. The van der Waals surface area contributed by atoms with E-state index in [9.17, 15) is 4.79 Å². The van der Waals surface area contributed by atoms with Gasteiger partial charge >= 0.3 is 5.37 Å². The molecule has 0 heterocycles. The largest absolute Gasteiger partial charge is 0.321 e. The maximum Gasteiger partial charge on any atom is 0.321 e. The van der Waals surface area contributed by atoms with Crippen LogP contribution in [0.1, 0.15) is 25.3 Å². The number of halogens is 1. The third-order valence-corrected chi connectivity index (χ3v) is 2.68. The molecule has 0 fully saturated rings. The molecule has 0 aliphatic rings. The Kier molecular flexibility index (Phi) is 5.70. The smallest absolute Gasteiger partial charge is 0.292 e. The first-order valence-electron chi connectivity index (χ1n) is 5.69. The summed E-state index contributed by atoms with van der Waals surface area (Å²) in [6.07, 6.45) is 4.91. The molecule has 0 N–H and O–H groups in total. The van der Waals surface area contributed by atoms with E-state index in [-0.39, 0.29) is 0 Å². The zero-order chi connectivity index (χ0) is 12.7. The van der Waals surface area contributed by atoms with Crippen molar-refractivity contribution in [2.45, 2.75) is 26.2 Å². The number of carbonyl (C=O) groups excluding carboxylic acids is 1. The van der Waals surface area contributed by atoms with Crippen molar-refractivity contribution in [3.8, 4) is 0 Å². The van der Waals surface area contributed by atoms with Gasteiger partial charge in [-0.3, -0.25) is 9.69 Å². The van der Waals surface area contributed by atoms with Crippen LogP contribution >= 0.6 is 11.6 Å². The number of carbonyl (C=O) groups is 1. The van der Waals surface area contributed by atoms with E-state index in [4.69, 9.17) is 11.6 Å². The van der Waals surface area contributed by atoms with Crippen LogP contribution in [0, 0.1) is 0 Å². The predicted molar refractivity (Wildman–Crippen MR) is 72.2 cm³/mol. The summed E-state index contributed by atoms with van der Waals surface area (Å²) >= 11 is 5.27. The highest BCUT2D eigenvalue weighted by Crippen LogP contribution is 2.14. The Morgan fingerprint density at radius 2 is 2.06 bits per heavy atom. The molecule has 0 bridgehead atoms. The maximum atomic E-state index is 10.7. The molecule has 0 aliphatic carbocycles. The van der Waals surface area contributed by atoms with Crippen molar-refractivity contribution in [1.82, 2.24) is 4.90 Å². The lowest BCUT2D eigenvalue weighted by atomic mass is 10.1. The number of unbranched alkanes of at least 4 members (excludes halogenated alkanes) is 1. The molecule has 0 saturated carbocycles. The van der Waals surface area contributed by atoms with Gasteiger partial charge in [-0.2, -0.15) is 0 Å². The monoisotopic (exact) mass is 252 g/mol. The van der Waals surface area contributed by atoms with E-state index in [1.165, 1.54) is 29.6 Å². The molecule has 92 valence electrons. The van der Waals surface area contributed by atoms with Gasteiger partial charge in [0.25, 0.3) is 0 Å². The molecule has 1 amide bonds. The second kappa shape index (κ2) is 7.07. The summed E-state index contributed by atoms with van der Waals surface area (Å²) in [5.41, 5.74) is 2.13. The Bertz CT molecular complexity index is 387. The van der Waals surface area contributed by atoms with E-state index < -0.39 is 5.37 Å². The highest BCUT2D eigenvalue weighted by molar-refractivity contribution is 6.63. The van der Waals surface area contributed by atoms with Crippen molar-refractivity contribution in [1.29, 1.82) is 0 Å². The van der Waals surface area contributed by atoms with Crippen molar-refractivity contribution < 1.29 is 4.79 Å². The molecule has 0 spiro atoms. The summed E-state index contributed by atoms with van der Waals surface area (Å²) in [5.74, 6) is 0. The van der Waals surface area contributed by atoms with E-state index in [0.29, 0.717) is 0 Å². The van der Waals surface area contributed by atoms with Gasteiger partial charge in [0, 0.05) is 7.05 Å². The van der Waals surface area contributed by atoms with Gasteiger partial charge < -0.3 is 0 Å². The minimum Gasteiger partial charge on any atom is -0.292 e. The van der Waals surface area contributed by atoms with Crippen LogP contribution in [0.4, 0.5) is 10.5 Å². The Morgan fingerprint density at radius 3 is 2.59 bits per heavy atom. The first-order chi connectivity index (χ1) is 8.13. The summed E-state index contributed by atoms with van der Waals surface area (Å²) in [6, 6.07) is 8.00. The molecule has 17 heavy (non-hydrogen) atoms. The lowest BCUT2D eigenvalue weighted by molar-refractivity contribution is 0.248. The molecule has 1 aromatic rings. The quantitative estimate of drug-likeness (QED) is 0.338. The summed E-state index contributed by atoms with van der Waals surface area (Å²) in [5, 5.41) is -0.548. The third-order valence-electron chi connectivity index (χ3n) is 2.41. The molecule has 1 rings (SSSR count). The molecule has 0 saturated heterocycles. The summed E-state index contributed by atoms with van der Waals surface area (Å²) in [4.78, 5) is 16.1. The Morgan fingerprint density at radius 1 is 1.41 bits per heavy atom. The molecule has 0 aliphatic heterocycles. The lowest BCUT2D eigenvalue weighted by Gasteiger charge is -2.04. The maximum absolute atomic E-state index is 10.7. The number of aliphatic imine (C=N–C) groups is 1. The molecule has 0 radical (unpaired) electrons. The van der Waals surface area contributed by atoms with E-state index in [1.807, 2.05) is 12.1 Å².